The highest BCUT2D eigenvalue weighted by Crippen LogP contribution is 2.43. The average Bonchev–Trinajstić information content (AvgIpc) is 3.07. The lowest BCUT2D eigenvalue weighted by atomic mass is 9.98. The number of hydrogen-bond donors (Lipinski definition) is 1. The summed E-state index contributed by atoms with van der Waals surface area (Å²) in [6.45, 7) is -0.396. The molecule has 0 radical (unpaired) electrons. The molecule has 0 saturated heterocycles. The van der Waals surface area contributed by atoms with Gasteiger partial charge in [0.2, 0.25) is 10.0 Å². The first-order chi connectivity index (χ1) is 14.1. The minimum atomic E-state index is -4.74. The second-order valence-electron chi connectivity index (χ2n) is 6.23. The van der Waals surface area contributed by atoms with Gasteiger partial charge >= 0.3 is 6.18 Å². The predicted molar refractivity (Wildman–Crippen MR) is 105 cm³/mol. The van der Waals surface area contributed by atoms with Crippen molar-refractivity contribution in [2.45, 2.75) is 17.6 Å². The van der Waals surface area contributed by atoms with Gasteiger partial charge in [-0.2, -0.15) is 18.3 Å². The largest absolute Gasteiger partial charge is 0.497 e. The molecule has 30 heavy (non-hydrogen) atoms. The van der Waals surface area contributed by atoms with E-state index in [-0.39, 0.29) is 27.3 Å². The number of halogens is 3. The minimum absolute atomic E-state index is 0.00344. The third-order valence-electron chi connectivity index (χ3n) is 4.30. The molecule has 0 bridgehead atoms. The molecule has 0 spiro atoms. The highest BCUT2D eigenvalue weighted by molar-refractivity contribution is 7.89. The molecule has 6 nitrogen and oxygen atoms in total. The number of alkyl halides is 3. The van der Waals surface area contributed by atoms with Crippen molar-refractivity contribution in [3.8, 4) is 40.5 Å². The lowest BCUT2D eigenvalue weighted by Crippen LogP contribution is -2.15. The zero-order valence-corrected chi connectivity index (χ0v) is 16.5. The van der Waals surface area contributed by atoms with E-state index < -0.39 is 28.4 Å². The fourth-order valence-electron chi connectivity index (χ4n) is 2.99. The van der Waals surface area contributed by atoms with Crippen LogP contribution in [0.5, 0.6) is 5.75 Å². The van der Waals surface area contributed by atoms with Gasteiger partial charge in [0.05, 0.1) is 12.0 Å². The molecule has 0 amide bonds. The van der Waals surface area contributed by atoms with Gasteiger partial charge in [-0.1, -0.05) is 30.2 Å². The second-order valence-corrected chi connectivity index (χ2v) is 7.79. The van der Waals surface area contributed by atoms with E-state index in [2.05, 4.69) is 11.0 Å². The van der Waals surface area contributed by atoms with Gasteiger partial charge in [-0.15, -0.1) is 6.42 Å². The number of sulfonamides is 1. The van der Waals surface area contributed by atoms with Crippen molar-refractivity contribution in [1.29, 1.82) is 0 Å². The van der Waals surface area contributed by atoms with Crippen LogP contribution in [0.25, 0.3) is 22.4 Å². The van der Waals surface area contributed by atoms with Crippen LogP contribution in [0.1, 0.15) is 5.69 Å². The molecule has 3 rings (SSSR count). The van der Waals surface area contributed by atoms with Crippen molar-refractivity contribution in [2.75, 3.05) is 7.11 Å². The van der Waals surface area contributed by atoms with Crippen molar-refractivity contribution < 1.29 is 26.3 Å². The number of hydrogen-bond acceptors (Lipinski definition) is 4. The fourth-order valence-corrected chi connectivity index (χ4v) is 3.50. The molecule has 2 aromatic carbocycles. The molecule has 1 aromatic heterocycles. The smallest absolute Gasteiger partial charge is 0.433 e. The van der Waals surface area contributed by atoms with E-state index in [1.54, 1.807) is 0 Å². The maximum Gasteiger partial charge on any atom is 0.433 e. The number of benzene rings is 2. The Bertz CT molecular complexity index is 1210. The van der Waals surface area contributed by atoms with Crippen LogP contribution in [0.3, 0.4) is 0 Å². The number of nitrogens with two attached hydrogens (primary N) is 1. The summed E-state index contributed by atoms with van der Waals surface area (Å²) in [7, 11) is -2.51. The third-order valence-corrected chi connectivity index (χ3v) is 5.23. The molecular formula is C20H16F3N3O3S. The molecule has 0 saturated carbocycles. The molecule has 0 aliphatic carbocycles. The summed E-state index contributed by atoms with van der Waals surface area (Å²) >= 11 is 0. The molecule has 2 N–H and O–H groups in total. The van der Waals surface area contributed by atoms with Crippen molar-refractivity contribution in [2.24, 2.45) is 5.14 Å². The quantitative estimate of drug-likeness (QED) is 0.622. The number of terminal acetylenes is 1. The van der Waals surface area contributed by atoms with Crippen LogP contribution < -0.4 is 9.88 Å². The summed E-state index contributed by atoms with van der Waals surface area (Å²) in [5.41, 5.74) is -0.657. The normalized spacial score (nSPS) is 11.9. The van der Waals surface area contributed by atoms with Crippen molar-refractivity contribution in [3.05, 3.63) is 54.2 Å². The first kappa shape index (κ1) is 21.4. The number of aromatic nitrogens is 2. The Morgan fingerprint density at radius 1 is 1.10 bits per heavy atom. The zero-order chi connectivity index (χ0) is 22.1. The van der Waals surface area contributed by atoms with Gasteiger partial charge in [-0.3, -0.25) is 0 Å². The highest BCUT2D eigenvalue weighted by atomic mass is 32.2. The number of nitrogens with zero attached hydrogens (tertiary/aromatic N) is 2. The highest BCUT2D eigenvalue weighted by Gasteiger charge is 2.40. The van der Waals surface area contributed by atoms with Crippen LogP contribution >= 0.6 is 0 Å². The molecule has 0 aliphatic rings. The average molecular weight is 435 g/mol. The van der Waals surface area contributed by atoms with E-state index in [0.29, 0.717) is 10.4 Å². The lowest BCUT2D eigenvalue weighted by molar-refractivity contribution is -0.143. The Hall–Kier alpha value is -3.29. The molecule has 0 fully saturated rings. The number of ether oxygens (including phenoxy) is 1. The number of primary sulfonamides is 1. The predicted octanol–water partition coefficient (Wildman–Crippen LogP) is 3.53. The van der Waals surface area contributed by atoms with E-state index in [0.717, 1.165) is 0 Å². The summed E-state index contributed by atoms with van der Waals surface area (Å²) in [6, 6.07) is 11.1. The molecule has 10 heteroatoms. The monoisotopic (exact) mass is 435 g/mol. The van der Waals surface area contributed by atoms with Gasteiger partial charge in [-0.05, 0) is 29.8 Å². The molecular weight excluding hydrogens is 419 g/mol. The lowest BCUT2D eigenvalue weighted by Gasteiger charge is -2.12. The van der Waals surface area contributed by atoms with Crippen LogP contribution in [-0.2, 0) is 22.7 Å². The standard InChI is InChI=1S/C20H16F3N3O3S/c1-3-12-26-19(20(21,22)23)17(13-4-8-15(29-2)9-5-13)18(25-26)14-6-10-16(11-7-14)30(24,27)28/h1,4-11H,12H2,2H3,(H2,24,27,28). The van der Waals surface area contributed by atoms with Gasteiger partial charge in [0, 0.05) is 11.1 Å². The number of methoxy groups -OCH3 is 1. The van der Waals surface area contributed by atoms with Crippen molar-refractivity contribution in [3.63, 3.8) is 0 Å². The molecule has 3 aromatic rings. The Balaban J connectivity index is 2.30. The van der Waals surface area contributed by atoms with Crippen LogP contribution in [-0.4, -0.2) is 25.3 Å². The molecule has 156 valence electrons. The minimum Gasteiger partial charge on any atom is -0.497 e. The Kier molecular flexibility index (Phi) is 5.61. The Labute approximate surface area is 171 Å². The molecule has 0 unspecified atom stereocenters. The first-order valence-electron chi connectivity index (χ1n) is 8.45. The van der Waals surface area contributed by atoms with Gasteiger partial charge in [-0.25, -0.2) is 18.2 Å². The maximum absolute atomic E-state index is 14.0. The van der Waals surface area contributed by atoms with Crippen molar-refractivity contribution in [1.82, 2.24) is 9.78 Å². The van der Waals surface area contributed by atoms with Gasteiger partial charge in [0.15, 0.2) is 5.69 Å². The summed E-state index contributed by atoms with van der Waals surface area (Å²) in [4.78, 5) is -0.170. The fraction of sp³-hybridized carbons (Fsp3) is 0.150. The van der Waals surface area contributed by atoms with Gasteiger partial charge < -0.3 is 4.74 Å². The summed E-state index contributed by atoms with van der Waals surface area (Å²) in [6.07, 6.45) is 0.502. The van der Waals surface area contributed by atoms with Crippen LogP contribution in [0.2, 0.25) is 0 Å². The summed E-state index contributed by atoms with van der Waals surface area (Å²) < 4.78 is 70.6. The molecule has 0 aliphatic heterocycles. The van der Waals surface area contributed by atoms with E-state index >= 15 is 0 Å². The SMILES string of the molecule is C#CCn1nc(-c2ccc(S(N)(=O)=O)cc2)c(-c2ccc(OC)cc2)c1C(F)(F)F. The topological polar surface area (TPSA) is 87.2 Å². The van der Waals surface area contributed by atoms with E-state index in [9.17, 15) is 21.6 Å². The van der Waals surface area contributed by atoms with Gasteiger partial charge in [0.25, 0.3) is 0 Å². The Morgan fingerprint density at radius 3 is 2.13 bits per heavy atom. The maximum atomic E-state index is 14.0. The first-order valence-corrected chi connectivity index (χ1v) is 10.00. The zero-order valence-electron chi connectivity index (χ0n) is 15.6. The van der Waals surface area contributed by atoms with Crippen molar-refractivity contribution >= 4 is 10.0 Å². The molecule has 1 heterocycles. The molecule has 0 atom stereocenters. The van der Waals surface area contributed by atoms with Gasteiger partial charge in [0.1, 0.15) is 18.0 Å². The third kappa shape index (κ3) is 4.17. The van der Waals surface area contributed by atoms with Crippen LogP contribution in [0, 0.1) is 12.3 Å². The summed E-state index contributed by atoms with van der Waals surface area (Å²) in [5.74, 6) is 2.65. The Morgan fingerprint density at radius 2 is 1.67 bits per heavy atom. The van der Waals surface area contributed by atoms with Crippen LogP contribution in [0.4, 0.5) is 13.2 Å². The van der Waals surface area contributed by atoms with E-state index in [1.165, 1.54) is 55.6 Å². The van der Waals surface area contributed by atoms with Crippen LogP contribution in [0.15, 0.2) is 53.4 Å². The summed E-state index contributed by atoms with van der Waals surface area (Å²) in [5, 5.41) is 9.18. The second kappa shape index (κ2) is 7.85. The number of rotatable bonds is 5. The van der Waals surface area contributed by atoms with E-state index in [1.807, 2.05) is 0 Å². The van der Waals surface area contributed by atoms with E-state index in [4.69, 9.17) is 16.3 Å².